The van der Waals surface area contributed by atoms with Crippen molar-refractivity contribution in [2.75, 3.05) is 25.6 Å². The van der Waals surface area contributed by atoms with E-state index in [1.165, 1.54) is 39.2 Å². The van der Waals surface area contributed by atoms with Gasteiger partial charge < -0.3 is 23.7 Å². The van der Waals surface area contributed by atoms with Crippen LogP contribution in [0.15, 0.2) is 22.6 Å². The minimum Gasteiger partial charge on any atom is -0.507 e. The molecule has 0 aliphatic carbocycles. The number of benzene rings is 1. The highest BCUT2D eigenvalue weighted by atomic mass is 16.5. The van der Waals surface area contributed by atoms with Gasteiger partial charge in [-0.2, -0.15) is 0 Å². The largest absolute Gasteiger partial charge is 0.507 e. The first-order chi connectivity index (χ1) is 14.2. The van der Waals surface area contributed by atoms with Gasteiger partial charge in [-0.15, -0.1) is 0 Å². The van der Waals surface area contributed by atoms with E-state index in [1.807, 2.05) is 0 Å². The zero-order chi connectivity index (χ0) is 22.4. The minimum atomic E-state index is -0.948. The molecule has 0 fully saturated rings. The van der Waals surface area contributed by atoms with Crippen molar-refractivity contribution < 1.29 is 42.9 Å². The Labute approximate surface area is 171 Å². The van der Waals surface area contributed by atoms with Crippen molar-refractivity contribution in [2.24, 2.45) is 0 Å². The standard InChI is InChI=1S/C20H21NO9/c1-5-28-20(26)17-16(10(2)22)11(3)30-18(17)21-15(24)9-29-19(25)13-7-6-12(27-4)8-14(13)23/h6-8,23H,5,9H2,1-4H3,(H,21,24). The second-order valence-electron chi connectivity index (χ2n) is 6.02. The van der Waals surface area contributed by atoms with Crippen LogP contribution in [-0.2, 0) is 14.3 Å². The van der Waals surface area contributed by atoms with Gasteiger partial charge in [-0.3, -0.25) is 14.9 Å². The van der Waals surface area contributed by atoms with E-state index in [2.05, 4.69) is 5.32 Å². The molecule has 0 saturated carbocycles. The lowest BCUT2D eigenvalue weighted by atomic mass is 10.1. The molecule has 2 rings (SSSR count). The summed E-state index contributed by atoms with van der Waals surface area (Å²) in [6, 6.07) is 3.94. The van der Waals surface area contributed by atoms with Crippen molar-refractivity contribution in [3.05, 3.63) is 40.6 Å². The third-order valence-corrected chi connectivity index (χ3v) is 3.93. The van der Waals surface area contributed by atoms with Gasteiger partial charge in [-0.1, -0.05) is 0 Å². The van der Waals surface area contributed by atoms with E-state index in [9.17, 15) is 24.3 Å². The van der Waals surface area contributed by atoms with Crippen LogP contribution in [-0.4, -0.2) is 49.1 Å². The molecule has 0 bridgehead atoms. The number of Topliss-reactive ketones (excluding diaryl/α,β-unsaturated/α-hetero) is 1. The Kier molecular flexibility index (Phi) is 7.18. The number of furan rings is 1. The van der Waals surface area contributed by atoms with Crippen molar-refractivity contribution in [3.63, 3.8) is 0 Å². The lowest BCUT2D eigenvalue weighted by Gasteiger charge is -2.08. The maximum Gasteiger partial charge on any atom is 0.344 e. The number of aryl methyl sites for hydroxylation is 1. The first kappa shape index (κ1) is 22.5. The zero-order valence-electron chi connectivity index (χ0n) is 16.9. The molecule has 0 aliphatic heterocycles. The van der Waals surface area contributed by atoms with Crippen LogP contribution in [0, 0.1) is 6.92 Å². The maximum atomic E-state index is 12.2. The second-order valence-corrected chi connectivity index (χ2v) is 6.02. The van der Waals surface area contributed by atoms with Gasteiger partial charge in [0.1, 0.15) is 28.4 Å². The number of amides is 1. The third kappa shape index (κ3) is 4.96. The molecule has 0 saturated heterocycles. The zero-order valence-corrected chi connectivity index (χ0v) is 16.9. The number of ether oxygens (including phenoxy) is 3. The van der Waals surface area contributed by atoms with Gasteiger partial charge in [0.25, 0.3) is 5.91 Å². The fourth-order valence-electron chi connectivity index (χ4n) is 2.64. The first-order valence-corrected chi connectivity index (χ1v) is 8.85. The number of nitrogens with one attached hydrogen (secondary N) is 1. The van der Waals surface area contributed by atoms with Crippen LogP contribution in [0.25, 0.3) is 0 Å². The van der Waals surface area contributed by atoms with Crippen molar-refractivity contribution in [3.8, 4) is 11.5 Å². The Balaban J connectivity index is 2.13. The molecule has 0 unspecified atom stereocenters. The lowest BCUT2D eigenvalue weighted by molar-refractivity contribution is -0.119. The number of rotatable bonds is 8. The van der Waals surface area contributed by atoms with E-state index in [0.29, 0.717) is 5.75 Å². The van der Waals surface area contributed by atoms with E-state index < -0.39 is 30.2 Å². The summed E-state index contributed by atoms with van der Waals surface area (Å²) in [5, 5.41) is 12.1. The first-order valence-electron chi connectivity index (χ1n) is 8.85. The number of hydrogen-bond donors (Lipinski definition) is 2. The summed E-state index contributed by atoms with van der Waals surface area (Å²) in [6.45, 7) is 3.61. The molecule has 1 aromatic heterocycles. The number of hydrogen-bond acceptors (Lipinski definition) is 9. The average Bonchev–Trinajstić information content (AvgIpc) is 3.02. The molecule has 0 spiro atoms. The molecule has 0 radical (unpaired) electrons. The number of phenols is 1. The number of methoxy groups -OCH3 is 1. The summed E-state index contributed by atoms with van der Waals surface area (Å²) >= 11 is 0. The van der Waals surface area contributed by atoms with E-state index in [4.69, 9.17) is 18.6 Å². The predicted molar refractivity (Wildman–Crippen MR) is 103 cm³/mol. The highest BCUT2D eigenvalue weighted by Gasteiger charge is 2.29. The maximum absolute atomic E-state index is 12.2. The molecule has 10 heteroatoms. The third-order valence-electron chi connectivity index (χ3n) is 3.93. The Morgan fingerprint density at radius 1 is 1.10 bits per heavy atom. The molecule has 160 valence electrons. The topological polar surface area (TPSA) is 141 Å². The molecular formula is C20H21NO9. The van der Waals surface area contributed by atoms with Crippen LogP contribution in [0.3, 0.4) is 0 Å². The SMILES string of the molecule is CCOC(=O)c1c(NC(=O)COC(=O)c2ccc(OC)cc2O)oc(C)c1C(C)=O. The Morgan fingerprint density at radius 3 is 2.37 bits per heavy atom. The van der Waals surface area contributed by atoms with Crippen molar-refractivity contribution in [1.82, 2.24) is 0 Å². The molecule has 30 heavy (non-hydrogen) atoms. The number of carbonyl (C=O) groups excluding carboxylic acids is 4. The molecule has 1 amide bonds. The smallest absolute Gasteiger partial charge is 0.344 e. The van der Waals surface area contributed by atoms with E-state index in [0.717, 1.165) is 0 Å². The fourth-order valence-corrected chi connectivity index (χ4v) is 2.64. The molecule has 2 N–H and O–H groups in total. The quantitative estimate of drug-likeness (QED) is 0.487. The summed E-state index contributed by atoms with van der Waals surface area (Å²) in [4.78, 5) is 48.4. The van der Waals surface area contributed by atoms with Gasteiger partial charge in [0, 0.05) is 6.07 Å². The molecule has 0 aliphatic rings. The van der Waals surface area contributed by atoms with Crippen molar-refractivity contribution in [1.29, 1.82) is 0 Å². The van der Waals surface area contributed by atoms with E-state index >= 15 is 0 Å². The number of aromatic hydroxyl groups is 1. The van der Waals surface area contributed by atoms with Gasteiger partial charge in [0.2, 0.25) is 5.88 Å². The molecule has 1 heterocycles. The average molecular weight is 419 g/mol. The van der Waals surface area contributed by atoms with Crippen molar-refractivity contribution >= 4 is 29.5 Å². The highest BCUT2D eigenvalue weighted by Crippen LogP contribution is 2.29. The molecule has 1 aromatic carbocycles. The van der Waals surface area contributed by atoms with Gasteiger partial charge in [-0.25, -0.2) is 9.59 Å². The number of phenolic OH excluding ortho intramolecular Hbond substituents is 1. The fraction of sp³-hybridized carbons (Fsp3) is 0.300. The molecular weight excluding hydrogens is 398 g/mol. The van der Waals surface area contributed by atoms with Crippen LogP contribution in [0.4, 0.5) is 5.88 Å². The van der Waals surface area contributed by atoms with Gasteiger partial charge >= 0.3 is 11.9 Å². The number of carbonyl (C=O) groups is 4. The number of ketones is 1. The summed E-state index contributed by atoms with van der Waals surface area (Å²) in [7, 11) is 1.40. The number of anilines is 1. The normalized spacial score (nSPS) is 10.3. The summed E-state index contributed by atoms with van der Waals surface area (Å²) in [5.41, 5.74) is -0.387. The Bertz CT molecular complexity index is 990. The van der Waals surface area contributed by atoms with Gasteiger partial charge in [0.15, 0.2) is 12.4 Å². The van der Waals surface area contributed by atoms with Crippen molar-refractivity contribution in [2.45, 2.75) is 20.8 Å². The van der Waals surface area contributed by atoms with Gasteiger partial charge in [-0.05, 0) is 32.9 Å². The summed E-state index contributed by atoms with van der Waals surface area (Å²) in [5.74, 6) is -3.26. The van der Waals surface area contributed by atoms with Crippen LogP contribution in [0.1, 0.15) is 50.7 Å². The lowest BCUT2D eigenvalue weighted by Crippen LogP contribution is -2.22. The van der Waals surface area contributed by atoms with Crippen LogP contribution in [0.2, 0.25) is 0 Å². The molecule has 10 nitrogen and oxygen atoms in total. The van der Waals surface area contributed by atoms with Gasteiger partial charge in [0.05, 0.1) is 19.3 Å². The van der Waals surface area contributed by atoms with Crippen LogP contribution < -0.4 is 10.1 Å². The summed E-state index contributed by atoms with van der Waals surface area (Å²) in [6.07, 6.45) is 0. The molecule has 0 atom stereocenters. The predicted octanol–water partition coefficient (Wildman–Crippen LogP) is 2.48. The van der Waals surface area contributed by atoms with Crippen LogP contribution >= 0.6 is 0 Å². The van der Waals surface area contributed by atoms with E-state index in [-0.39, 0.29) is 40.7 Å². The highest BCUT2D eigenvalue weighted by molar-refractivity contribution is 6.11. The second kappa shape index (κ2) is 9.59. The molecule has 2 aromatic rings. The van der Waals surface area contributed by atoms with Crippen LogP contribution in [0.5, 0.6) is 11.5 Å². The Hall–Kier alpha value is -3.82. The summed E-state index contributed by atoms with van der Waals surface area (Å²) < 4.78 is 20.0. The van der Waals surface area contributed by atoms with E-state index in [1.54, 1.807) is 6.92 Å². The minimum absolute atomic E-state index is 0.0103. The number of esters is 2. The Morgan fingerprint density at radius 2 is 1.80 bits per heavy atom. The monoisotopic (exact) mass is 419 g/mol.